The van der Waals surface area contributed by atoms with Crippen molar-refractivity contribution in [3.8, 4) is 23.3 Å². The molecule has 0 saturated carbocycles. The molecule has 6 aromatic carbocycles. The van der Waals surface area contributed by atoms with Gasteiger partial charge >= 0.3 is 12.1 Å². The first-order chi connectivity index (χ1) is 31.0. The molecule has 3 aliphatic heterocycles. The van der Waals surface area contributed by atoms with Crippen molar-refractivity contribution in [1.29, 1.82) is 0 Å². The number of hydrogen-bond donors (Lipinski definition) is 2. The maximum Gasteiger partial charge on any atom is 0.421 e. The lowest BCUT2D eigenvalue weighted by Gasteiger charge is -2.46. The molecule has 3 N–H and O–H groups in total. The highest BCUT2D eigenvalue weighted by molar-refractivity contribution is 6.23. The number of carbonyl (C=O) groups is 4. The summed E-state index contributed by atoms with van der Waals surface area (Å²) >= 11 is 0. The lowest BCUT2D eigenvalue weighted by Crippen LogP contribution is -2.55. The number of fused-ring (bicyclic) bond motifs is 3. The van der Waals surface area contributed by atoms with Crippen LogP contribution < -0.4 is 15.4 Å². The fraction of sp³-hybridized carbons (Fsp3) is 0.160. The SMILES string of the molecule is COc1ccc(C#Cc2ccc3c(c2)[C@]2(C(=O)N3C(=O)OCc3ccc([N+](=O)[O-])cc3)[C@H](C(N)=O)[C@H]3C(=O)O[C@H](c4ccccc4)[C@H](c4ccccc4)N3[C@@H]2c2ccc(O)cc2)cc1. The van der Waals surface area contributed by atoms with Crippen LogP contribution in [-0.2, 0) is 35.9 Å². The van der Waals surface area contributed by atoms with Crippen LogP contribution >= 0.6 is 0 Å². The summed E-state index contributed by atoms with van der Waals surface area (Å²) in [5.74, 6) is 2.48. The Morgan fingerprint density at radius 3 is 2.05 bits per heavy atom. The number of aromatic hydroxyl groups is 1. The monoisotopic (exact) mass is 854 g/mol. The largest absolute Gasteiger partial charge is 0.508 e. The van der Waals surface area contributed by atoms with Crippen molar-refractivity contribution in [3.63, 3.8) is 0 Å². The van der Waals surface area contributed by atoms with Gasteiger partial charge in [0, 0.05) is 23.3 Å². The van der Waals surface area contributed by atoms with E-state index in [-0.39, 0.29) is 29.3 Å². The van der Waals surface area contributed by atoms with Gasteiger partial charge in [-0.1, -0.05) is 84.6 Å². The highest BCUT2D eigenvalue weighted by Crippen LogP contribution is 2.65. The van der Waals surface area contributed by atoms with E-state index >= 15 is 4.79 Å². The lowest BCUT2D eigenvalue weighted by molar-refractivity contribution is -0.384. The summed E-state index contributed by atoms with van der Waals surface area (Å²) in [4.78, 5) is 73.2. The first-order valence-electron chi connectivity index (χ1n) is 20.2. The number of rotatable bonds is 8. The second kappa shape index (κ2) is 16.5. The van der Waals surface area contributed by atoms with E-state index in [1.807, 2.05) is 65.6 Å². The van der Waals surface area contributed by atoms with Crippen LogP contribution in [0.25, 0.3) is 0 Å². The molecular formula is C50H38N4O10. The number of morpholine rings is 1. The Morgan fingerprint density at radius 2 is 1.42 bits per heavy atom. The maximum absolute atomic E-state index is 16.0. The second-order valence-corrected chi connectivity index (χ2v) is 15.6. The number of nitro groups is 1. The summed E-state index contributed by atoms with van der Waals surface area (Å²) in [6.07, 6.45) is -2.06. The number of ether oxygens (including phenoxy) is 3. The van der Waals surface area contributed by atoms with Crippen molar-refractivity contribution < 1.29 is 43.4 Å². The van der Waals surface area contributed by atoms with Crippen molar-refractivity contribution in [2.75, 3.05) is 12.0 Å². The molecule has 14 heteroatoms. The summed E-state index contributed by atoms with van der Waals surface area (Å²) in [6, 6.07) is 38.2. The molecule has 2 saturated heterocycles. The van der Waals surface area contributed by atoms with Crippen LogP contribution in [-0.4, -0.2) is 52.0 Å². The van der Waals surface area contributed by atoms with Gasteiger partial charge in [-0.2, -0.15) is 0 Å². The van der Waals surface area contributed by atoms with Crippen molar-refractivity contribution in [1.82, 2.24) is 4.90 Å². The van der Waals surface area contributed by atoms with Gasteiger partial charge in [-0.15, -0.1) is 0 Å². The number of nitro benzene ring substituents is 1. The number of methoxy groups -OCH3 is 1. The number of esters is 1. The number of anilines is 1. The molecule has 1 spiro atoms. The van der Waals surface area contributed by atoms with E-state index in [4.69, 9.17) is 19.9 Å². The number of hydrogen-bond acceptors (Lipinski definition) is 11. The third kappa shape index (κ3) is 6.94. The van der Waals surface area contributed by atoms with Gasteiger partial charge in [0.05, 0.1) is 35.7 Å². The molecule has 64 heavy (non-hydrogen) atoms. The smallest absolute Gasteiger partial charge is 0.421 e. The molecule has 6 aromatic rings. The van der Waals surface area contributed by atoms with Gasteiger partial charge in [-0.3, -0.25) is 29.4 Å². The van der Waals surface area contributed by atoms with Crippen LogP contribution in [0.2, 0.25) is 0 Å². The topological polar surface area (TPSA) is 192 Å². The molecule has 0 aliphatic carbocycles. The Labute approximate surface area is 366 Å². The number of phenols is 1. The van der Waals surface area contributed by atoms with Crippen molar-refractivity contribution in [2.24, 2.45) is 11.7 Å². The van der Waals surface area contributed by atoms with Crippen LogP contribution in [0.3, 0.4) is 0 Å². The van der Waals surface area contributed by atoms with E-state index in [1.165, 1.54) is 42.5 Å². The molecule has 6 atom stereocenters. The van der Waals surface area contributed by atoms with E-state index in [9.17, 15) is 29.6 Å². The first kappa shape index (κ1) is 41.1. The molecule has 14 nitrogen and oxygen atoms in total. The van der Waals surface area contributed by atoms with Crippen LogP contribution in [0.1, 0.15) is 57.1 Å². The standard InChI is InChI=1S/C50H38N4O10/c1-62-38-25-16-30(17-26-38)12-13-31-18-27-40-39(28-31)50(48(58)52(40)49(59)63-29-32-14-21-36(22-15-32)54(60)61)41(46(51)56)43-47(57)64-44(34-10-6-3-7-11-34)42(33-8-4-2-5-9-33)53(43)45(50)35-19-23-37(55)24-20-35/h2-11,14-28,41-45,55H,29H2,1H3,(H2,51,56)/t41-,42-,43-,44+,45+,50-/m0/s1. The number of amides is 3. The zero-order chi connectivity index (χ0) is 44.7. The summed E-state index contributed by atoms with van der Waals surface area (Å²) in [5.41, 5.74) is 7.62. The van der Waals surface area contributed by atoms with Gasteiger partial charge in [0.15, 0.2) is 0 Å². The van der Waals surface area contributed by atoms with Crippen molar-refractivity contribution in [3.05, 3.63) is 201 Å². The van der Waals surface area contributed by atoms with Crippen molar-refractivity contribution in [2.45, 2.75) is 36.3 Å². The van der Waals surface area contributed by atoms with Crippen molar-refractivity contribution >= 4 is 35.3 Å². The van der Waals surface area contributed by atoms with E-state index in [2.05, 4.69) is 11.8 Å². The third-order valence-corrected chi connectivity index (χ3v) is 12.1. The number of phenolic OH excluding ortho intramolecular Hbond substituents is 1. The highest BCUT2D eigenvalue weighted by Gasteiger charge is 2.75. The number of non-ortho nitro benzene ring substituents is 1. The van der Waals surface area contributed by atoms with Gasteiger partial charge < -0.3 is 25.1 Å². The lowest BCUT2D eigenvalue weighted by atomic mass is 9.65. The Hall–Kier alpha value is -8.28. The zero-order valence-corrected chi connectivity index (χ0v) is 34.1. The minimum Gasteiger partial charge on any atom is -0.508 e. The summed E-state index contributed by atoms with van der Waals surface area (Å²) in [5, 5.41) is 21.9. The molecule has 2 fully saturated rings. The average Bonchev–Trinajstić information content (AvgIpc) is 3.77. The first-order valence-corrected chi connectivity index (χ1v) is 20.2. The fourth-order valence-electron chi connectivity index (χ4n) is 9.39. The number of carbonyl (C=O) groups excluding carboxylic acids is 4. The molecule has 0 bridgehead atoms. The molecule has 3 heterocycles. The van der Waals surface area contributed by atoms with Crippen LogP contribution in [0, 0.1) is 27.9 Å². The van der Waals surface area contributed by atoms with Gasteiger partial charge in [-0.25, -0.2) is 9.69 Å². The Kier molecular flexibility index (Phi) is 10.6. The highest BCUT2D eigenvalue weighted by atomic mass is 16.6. The maximum atomic E-state index is 16.0. The summed E-state index contributed by atoms with van der Waals surface area (Å²) in [7, 11) is 1.56. The van der Waals surface area contributed by atoms with E-state index in [0.717, 1.165) is 4.90 Å². The normalized spacial score (nSPS) is 22.1. The molecule has 3 aliphatic rings. The number of primary amides is 1. The quantitative estimate of drug-likeness (QED) is 0.0681. The van der Waals surface area contributed by atoms with Gasteiger partial charge in [0.1, 0.15) is 35.7 Å². The second-order valence-electron chi connectivity index (χ2n) is 15.6. The van der Waals surface area contributed by atoms with Gasteiger partial charge in [0.25, 0.3) is 5.69 Å². The molecule has 3 amide bonds. The van der Waals surface area contributed by atoms with E-state index < -0.39 is 64.4 Å². The minimum atomic E-state index is -2.12. The molecule has 0 aromatic heterocycles. The fourth-order valence-corrected chi connectivity index (χ4v) is 9.39. The predicted molar refractivity (Wildman–Crippen MR) is 231 cm³/mol. The van der Waals surface area contributed by atoms with Gasteiger partial charge in [0.2, 0.25) is 11.8 Å². The van der Waals surface area contributed by atoms with E-state index in [0.29, 0.717) is 39.1 Å². The molecule has 0 unspecified atom stereocenters. The minimum absolute atomic E-state index is 0.0628. The van der Waals surface area contributed by atoms with Gasteiger partial charge in [-0.05, 0) is 94.5 Å². The summed E-state index contributed by atoms with van der Waals surface area (Å²) in [6.45, 7) is -0.370. The average molecular weight is 855 g/mol. The molecular weight excluding hydrogens is 817 g/mol. The number of benzene rings is 6. The number of nitrogens with two attached hydrogens (primary N) is 1. The number of imide groups is 1. The van der Waals surface area contributed by atoms with Crippen LogP contribution in [0.15, 0.2) is 152 Å². The zero-order valence-electron chi connectivity index (χ0n) is 34.1. The molecule has 0 radical (unpaired) electrons. The Bertz CT molecular complexity index is 2860. The predicted octanol–water partition coefficient (Wildman–Crippen LogP) is 7.20. The van der Waals surface area contributed by atoms with Crippen LogP contribution in [0.4, 0.5) is 16.2 Å². The van der Waals surface area contributed by atoms with E-state index in [1.54, 1.807) is 55.6 Å². The summed E-state index contributed by atoms with van der Waals surface area (Å²) < 4.78 is 17.4. The van der Waals surface area contributed by atoms with Crippen LogP contribution in [0.5, 0.6) is 11.5 Å². The number of cyclic esters (lactones) is 1. The number of nitrogens with zero attached hydrogens (tertiary/aromatic N) is 3. The Balaban J connectivity index is 1.27. The third-order valence-electron chi connectivity index (χ3n) is 12.1. The molecule has 9 rings (SSSR count). The Morgan fingerprint density at radius 1 is 0.797 bits per heavy atom. The molecule has 318 valence electrons.